The summed E-state index contributed by atoms with van der Waals surface area (Å²) < 4.78 is 16.9. The van der Waals surface area contributed by atoms with Crippen LogP contribution in [0.5, 0.6) is 0 Å². The summed E-state index contributed by atoms with van der Waals surface area (Å²) in [5, 5.41) is 8.60. The van der Waals surface area contributed by atoms with Gasteiger partial charge in [-0.15, -0.1) is 0 Å². The van der Waals surface area contributed by atoms with Gasteiger partial charge in [-0.05, 0) is 24.6 Å². The molecule has 234 valence electrons. The van der Waals surface area contributed by atoms with Gasteiger partial charge in [-0.25, -0.2) is 4.85 Å². The van der Waals surface area contributed by atoms with E-state index in [-0.39, 0.29) is 0 Å². The van der Waals surface area contributed by atoms with Gasteiger partial charge in [-0.3, -0.25) is 4.98 Å². The molecule has 4 aromatic heterocycles. The molecule has 0 atom stereocenters. The zero-order valence-corrected chi connectivity index (χ0v) is 30.2. The molecule has 4 heterocycles. The Morgan fingerprint density at radius 3 is 1.67 bits per heavy atom. The Hall–Kier alpha value is -3.77. The van der Waals surface area contributed by atoms with Gasteiger partial charge in [-0.1, -0.05) is 35.5 Å². The predicted octanol–water partition coefficient (Wildman–Crippen LogP) is 10.4. The summed E-state index contributed by atoms with van der Waals surface area (Å²) in [6.07, 6.45) is 11.5. The second kappa shape index (κ2) is 17.1. The van der Waals surface area contributed by atoms with E-state index in [0.717, 1.165) is 45.4 Å². The molecule has 0 saturated heterocycles. The van der Waals surface area contributed by atoms with Crippen molar-refractivity contribution in [3.63, 3.8) is 0 Å². The van der Waals surface area contributed by atoms with Crippen LogP contribution in [0.3, 0.4) is 0 Å². The van der Waals surface area contributed by atoms with Crippen LogP contribution < -0.4 is 3.58 Å². The second-order valence-corrected chi connectivity index (χ2v) is 24.6. The van der Waals surface area contributed by atoms with Crippen LogP contribution >= 0.6 is 0 Å². The van der Waals surface area contributed by atoms with Crippen LogP contribution in [0.15, 0.2) is 82.1 Å². The molecule has 45 heavy (non-hydrogen) atoms. The standard InChI is InChI=1S/C16H11N3O.C9H7N2O.3C4H9.Sn/c1-11-15(12-6-8-13(17-2)9-7-12)16(19-20-11)14-5-3-4-10-18-14;1-7-6-9(11-12-7)8-4-2-3-5-10-8;3*1-3-4-2;/h3-10H,1H3;2-5H,1H3;3*1,3-4H2,2H3;. The first-order chi connectivity index (χ1) is 22.0. The molecule has 8 heteroatoms. The van der Waals surface area contributed by atoms with Crippen LogP contribution in [0.2, 0.25) is 13.3 Å². The van der Waals surface area contributed by atoms with Gasteiger partial charge in [0.1, 0.15) is 11.5 Å². The van der Waals surface area contributed by atoms with Crippen LogP contribution in [0.1, 0.15) is 70.8 Å². The molecule has 0 saturated carbocycles. The molecule has 0 aliphatic carbocycles. The van der Waals surface area contributed by atoms with Gasteiger partial charge >= 0.3 is 158 Å². The summed E-state index contributed by atoms with van der Waals surface area (Å²) in [6.45, 7) is 17.9. The fraction of sp³-hybridized carbons (Fsp3) is 0.378. The Bertz CT molecular complexity index is 1620. The Labute approximate surface area is 272 Å². The van der Waals surface area contributed by atoms with Gasteiger partial charge in [0.25, 0.3) is 0 Å². The van der Waals surface area contributed by atoms with E-state index in [2.05, 4.69) is 65.0 Å². The quantitative estimate of drug-likeness (QED) is 0.0894. The summed E-state index contributed by atoms with van der Waals surface area (Å²) in [5.41, 5.74) is 6.03. The van der Waals surface area contributed by atoms with E-state index >= 15 is 0 Å². The maximum atomic E-state index is 6.99. The molecule has 0 aliphatic rings. The third-order valence-electron chi connectivity index (χ3n) is 8.38. The van der Waals surface area contributed by atoms with E-state index in [1.807, 2.05) is 49.5 Å². The first-order valence-corrected chi connectivity index (χ1v) is 23.7. The van der Waals surface area contributed by atoms with Crippen molar-refractivity contribution in [3.05, 3.63) is 96.0 Å². The molecule has 0 amide bonds. The predicted molar refractivity (Wildman–Crippen MR) is 185 cm³/mol. The maximum Gasteiger partial charge on any atom is 0.187 e. The minimum Gasteiger partial charge on any atom is -0.360 e. The summed E-state index contributed by atoms with van der Waals surface area (Å²) in [6, 6.07) is 19.2. The number of unbranched alkanes of at least 4 members (excludes halogenated alkanes) is 3. The third-order valence-corrected chi connectivity index (χ3v) is 24.3. The molecule has 0 fully saturated rings. The summed E-state index contributed by atoms with van der Waals surface area (Å²) in [5.74, 6) is 1.81. The summed E-state index contributed by atoms with van der Waals surface area (Å²) in [7, 11) is 0. The van der Waals surface area contributed by atoms with Crippen LogP contribution in [0, 0.1) is 20.4 Å². The van der Waals surface area contributed by atoms with Gasteiger partial charge in [0.15, 0.2) is 5.69 Å². The third kappa shape index (κ3) is 8.49. The summed E-state index contributed by atoms with van der Waals surface area (Å²) in [4.78, 5) is 12.3. The number of nitrogens with zero attached hydrogens (tertiary/aromatic N) is 5. The van der Waals surface area contributed by atoms with Gasteiger partial charge in [0, 0.05) is 6.20 Å². The molecule has 0 aliphatic heterocycles. The minimum atomic E-state index is -2.58. The maximum absolute atomic E-state index is 6.99. The SMILES string of the molecule is CCC[CH2][Sn]([CH2]CCC)([CH2]CCC)[c]1c(-c2ccccn2)noc1C.[C-]#[N+]c1ccc(-c2c(-c3ccccn3)noc2C)cc1. The molecule has 0 bridgehead atoms. The van der Waals surface area contributed by atoms with Crippen molar-refractivity contribution in [1.29, 1.82) is 0 Å². The molecule has 0 N–H and O–H groups in total. The first-order valence-electron chi connectivity index (χ1n) is 16.2. The average molecular weight is 711 g/mol. The Kier molecular flexibility index (Phi) is 12.9. The normalized spacial score (nSPS) is 11.1. The van der Waals surface area contributed by atoms with Crippen LogP contribution in [0.4, 0.5) is 5.69 Å². The van der Waals surface area contributed by atoms with Gasteiger partial charge in [0.2, 0.25) is 0 Å². The van der Waals surface area contributed by atoms with Gasteiger partial charge in [-0.2, -0.15) is 0 Å². The van der Waals surface area contributed by atoms with Crippen molar-refractivity contribution in [2.45, 2.75) is 86.5 Å². The monoisotopic (exact) mass is 711 g/mol. The molecule has 1 aromatic carbocycles. The molecule has 0 unspecified atom stereocenters. The molecule has 5 aromatic rings. The molecule has 5 rings (SSSR count). The molecular weight excluding hydrogens is 665 g/mol. The van der Waals surface area contributed by atoms with Crippen molar-refractivity contribution in [2.24, 2.45) is 0 Å². The zero-order chi connectivity index (χ0) is 32.1. The van der Waals surface area contributed by atoms with E-state index in [1.165, 1.54) is 55.4 Å². The number of rotatable bonds is 13. The smallest absolute Gasteiger partial charge is 0.187 e. The van der Waals surface area contributed by atoms with Crippen LogP contribution in [-0.4, -0.2) is 38.7 Å². The zero-order valence-electron chi connectivity index (χ0n) is 27.3. The van der Waals surface area contributed by atoms with E-state index < -0.39 is 18.4 Å². The van der Waals surface area contributed by atoms with Crippen LogP contribution in [-0.2, 0) is 0 Å². The number of hydrogen-bond acceptors (Lipinski definition) is 6. The fourth-order valence-corrected chi connectivity index (χ4v) is 23.4. The van der Waals surface area contributed by atoms with Crippen molar-refractivity contribution in [3.8, 4) is 33.9 Å². The largest absolute Gasteiger partial charge is 0.360 e. The minimum absolute atomic E-state index is 0.613. The van der Waals surface area contributed by atoms with E-state index in [1.54, 1.807) is 18.3 Å². The first kappa shape index (κ1) is 34.1. The average Bonchev–Trinajstić information content (AvgIpc) is 3.68. The molecular formula is C37H45N5O2Sn. The molecule has 0 spiro atoms. The topological polar surface area (TPSA) is 82.2 Å². The Morgan fingerprint density at radius 2 is 1.18 bits per heavy atom. The van der Waals surface area contributed by atoms with Gasteiger partial charge < -0.3 is 4.52 Å². The fourth-order valence-electron chi connectivity index (χ4n) is 6.06. The number of hydrogen-bond donors (Lipinski definition) is 0. The van der Waals surface area contributed by atoms with Crippen molar-refractivity contribution in [2.75, 3.05) is 0 Å². The van der Waals surface area contributed by atoms with E-state index in [0.29, 0.717) is 5.69 Å². The summed E-state index contributed by atoms with van der Waals surface area (Å²) >= 11 is -2.58. The molecule has 7 nitrogen and oxygen atoms in total. The number of aryl methyl sites for hydroxylation is 2. The van der Waals surface area contributed by atoms with E-state index in [4.69, 9.17) is 15.6 Å². The van der Waals surface area contributed by atoms with E-state index in [9.17, 15) is 0 Å². The van der Waals surface area contributed by atoms with Crippen molar-refractivity contribution >= 4 is 27.6 Å². The van der Waals surface area contributed by atoms with Gasteiger partial charge in [0.05, 0.1) is 17.8 Å². The van der Waals surface area contributed by atoms with Crippen LogP contribution in [0.25, 0.3) is 38.7 Å². The Balaban J connectivity index is 0.000000209. The molecule has 0 radical (unpaired) electrons. The van der Waals surface area contributed by atoms with Crippen molar-refractivity contribution < 1.29 is 9.05 Å². The number of pyridine rings is 2. The second-order valence-electron chi connectivity index (χ2n) is 11.6. The van der Waals surface area contributed by atoms with Crippen molar-refractivity contribution in [1.82, 2.24) is 20.3 Å². The number of aromatic nitrogens is 4. The Morgan fingerprint density at radius 1 is 0.667 bits per heavy atom. The number of benzene rings is 1.